The number of halogens is 1. The molecule has 0 radical (unpaired) electrons. The molecule has 0 saturated heterocycles. The zero-order valence-electron chi connectivity index (χ0n) is 9.51. The smallest absolute Gasteiger partial charge is 0.128 e. The van der Waals surface area contributed by atoms with Crippen molar-refractivity contribution in [3.05, 3.63) is 29.6 Å². The first kappa shape index (κ1) is 12.0. The maximum atomic E-state index is 13.2. The van der Waals surface area contributed by atoms with Crippen LogP contribution < -0.4 is 5.32 Å². The molecule has 1 aromatic rings. The molecule has 1 unspecified atom stereocenters. The Morgan fingerprint density at radius 1 is 1.47 bits per heavy atom. The summed E-state index contributed by atoms with van der Waals surface area (Å²) in [4.78, 5) is 0. The first-order valence-corrected chi connectivity index (χ1v) is 5.15. The molecule has 0 spiro atoms. The van der Waals surface area contributed by atoms with Gasteiger partial charge in [-0.05, 0) is 38.0 Å². The predicted molar refractivity (Wildman–Crippen MR) is 60.7 cm³/mol. The van der Waals surface area contributed by atoms with Gasteiger partial charge in [-0.3, -0.25) is 0 Å². The van der Waals surface area contributed by atoms with E-state index < -0.39 is 0 Å². The maximum Gasteiger partial charge on any atom is 0.128 e. The molecule has 0 aliphatic heterocycles. The fourth-order valence-electron chi connectivity index (χ4n) is 1.33. The minimum atomic E-state index is -0.168. The van der Waals surface area contributed by atoms with Gasteiger partial charge in [0.25, 0.3) is 0 Å². The van der Waals surface area contributed by atoms with Gasteiger partial charge in [-0.25, -0.2) is 4.39 Å². The van der Waals surface area contributed by atoms with E-state index in [1.165, 1.54) is 6.07 Å². The Balaban J connectivity index is 2.53. The second-order valence-electron chi connectivity index (χ2n) is 3.79. The average molecular weight is 211 g/mol. The third-order valence-electron chi connectivity index (χ3n) is 2.34. The van der Waals surface area contributed by atoms with E-state index in [1.807, 2.05) is 6.07 Å². The van der Waals surface area contributed by atoms with Crippen LogP contribution >= 0.6 is 0 Å². The van der Waals surface area contributed by atoms with E-state index in [9.17, 15) is 4.39 Å². The van der Waals surface area contributed by atoms with E-state index in [4.69, 9.17) is 4.74 Å². The average Bonchev–Trinajstić information content (AvgIpc) is 2.20. The van der Waals surface area contributed by atoms with Gasteiger partial charge >= 0.3 is 0 Å². The van der Waals surface area contributed by atoms with Crippen molar-refractivity contribution >= 4 is 5.69 Å². The molecule has 0 aliphatic rings. The van der Waals surface area contributed by atoms with Crippen molar-refractivity contribution in [2.45, 2.75) is 26.3 Å². The lowest BCUT2D eigenvalue weighted by atomic mass is 10.2. The van der Waals surface area contributed by atoms with Crippen LogP contribution in [0.2, 0.25) is 0 Å². The number of ether oxygens (including phenoxy) is 1. The Hall–Kier alpha value is -1.09. The summed E-state index contributed by atoms with van der Waals surface area (Å²) in [5, 5.41) is 3.22. The summed E-state index contributed by atoms with van der Waals surface area (Å²) >= 11 is 0. The second kappa shape index (κ2) is 5.71. The fraction of sp³-hybridized carbons (Fsp3) is 0.500. The zero-order valence-corrected chi connectivity index (χ0v) is 9.51. The second-order valence-corrected chi connectivity index (χ2v) is 3.79. The molecule has 2 nitrogen and oxygen atoms in total. The molecule has 0 heterocycles. The number of hydrogen-bond donors (Lipinski definition) is 1. The molecule has 1 N–H and O–H groups in total. The van der Waals surface area contributed by atoms with Crippen molar-refractivity contribution in [1.29, 1.82) is 0 Å². The first-order valence-electron chi connectivity index (χ1n) is 5.15. The van der Waals surface area contributed by atoms with Crippen LogP contribution in [0.1, 0.15) is 18.9 Å². The van der Waals surface area contributed by atoms with E-state index in [0.29, 0.717) is 12.2 Å². The van der Waals surface area contributed by atoms with Gasteiger partial charge in [0.1, 0.15) is 5.82 Å². The molecule has 84 valence electrons. The summed E-state index contributed by atoms with van der Waals surface area (Å²) in [5.41, 5.74) is 1.49. The van der Waals surface area contributed by atoms with Gasteiger partial charge in [-0.2, -0.15) is 0 Å². The van der Waals surface area contributed by atoms with Crippen molar-refractivity contribution in [3.63, 3.8) is 0 Å². The minimum absolute atomic E-state index is 0.168. The molecule has 3 heteroatoms. The minimum Gasteiger partial charge on any atom is -0.385 e. The van der Waals surface area contributed by atoms with Gasteiger partial charge in [-0.1, -0.05) is 6.07 Å². The van der Waals surface area contributed by atoms with Crippen molar-refractivity contribution in [3.8, 4) is 0 Å². The van der Waals surface area contributed by atoms with Crippen molar-refractivity contribution in [2.24, 2.45) is 0 Å². The molecule has 0 bridgehead atoms. The number of anilines is 1. The Kier molecular flexibility index (Phi) is 4.56. The van der Waals surface area contributed by atoms with E-state index in [1.54, 1.807) is 20.1 Å². The van der Waals surface area contributed by atoms with Gasteiger partial charge in [0.05, 0.1) is 0 Å². The topological polar surface area (TPSA) is 21.3 Å². The highest BCUT2D eigenvalue weighted by Gasteiger charge is 2.03. The van der Waals surface area contributed by atoms with Gasteiger partial charge < -0.3 is 10.1 Å². The van der Waals surface area contributed by atoms with Crippen LogP contribution in [0.5, 0.6) is 0 Å². The van der Waals surface area contributed by atoms with Gasteiger partial charge in [0.2, 0.25) is 0 Å². The van der Waals surface area contributed by atoms with E-state index >= 15 is 0 Å². The Labute approximate surface area is 90.4 Å². The van der Waals surface area contributed by atoms with Crippen molar-refractivity contribution < 1.29 is 9.13 Å². The van der Waals surface area contributed by atoms with Gasteiger partial charge in [0.15, 0.2) is 0 Å². The molecule has 0 amide bonds. The van der Waals surface area contributed by atoms with Gasteiger partial charge in [0, 0.05) is 25.4 Å². The van der Waals surface area contributed by atoms with Crippen LogP contribution in [0.15, 0.2) is 18.2 Å². The van der Waals surface area contributed by atoms with Crippen LogP contribution in [0.4, 0.5) is 10.1 Å². The first-order chi connectivity index (χ1) is 7.13. The summed E-state index contributed by atoms with van der Waals surface area (Å²) < 4.78 is 18.2. The standard InChI is InChI=1S/C12H18FNO/c1-9-4-5-11(8-12(9)13)14-10(2)6-7-15-3/h4-5,8,10,14H,6-7H2,1-3H3. The fourth-order valence-corrected chi connectivity index (χ4v) is 1.33. The summed E-state index contributed by atoms with van der Waals surface area (Å²) in [6.45, 7) is 4.52. The number of nitrogens with one attached hydrogen (secondary N) is 1. The molecular weight excluding hydrogens is 193 g/mol. The lowest BCUT2D eigenvalue weighted by Gasteiger charge is -2.15. The quantitative estimate of drug-likeness (QED) is 0.808. The van der Waals surface area contributed by atoms with Gasteiger partial charge in [-0.15, -0.1) is 0 Å². The zero-order chi connectivity index (χ0) is 11.3. The van der Waals surface area contributed by atoms with Crippen molar-refractivity contribution in [1.82, 2.24) is 0 Å². The molecule has 1 rings (SSSR count). The molecule has 15 heavy (non-hydrogen) atoms. The van der Waals surface area contributed by atoms with Crippen LogP contribution in [0.25, 0.3) is 0 Å². The van der Waals surface area contributed by atoms with Crippen LogP contribution in [0.3, 0.4) is 0 Å². The highest BCUT2D eigenvalue weighted by atomic mass is 19.1. The monoisotopic (exact) mass is 211 g/mol. The summed E-state index contributed by atoms with van der Waals surface area (Å²) in [5.74, 6) is -0.168. The molecule has 0 aliphatic carbocycles. The lowest BCUT2D eigenvalue weighted by Crippen LogP contribution is -2.17. The van der Waals surface area contributed by atoms with Crippen LogP contribution in [-0.4, -0.2) is 19.8 Å². The number of methoxy groups -OCH3 is 1. The van der Waals surface area contributed by atoms with Crippen LogP contribution in [-0.2, 0) is 4.74 Å². The third kappa shape index (κ3) is 3.88. The highest BCUT2D eigenvalue weighted by Crippen LogP contribution is 2.15. The molecular formula is C12H18FNO. The Morgan fingerprint density at radius 2 is 2.20 bits per heavy atom. The normalized spacial score (nSPS) is 12.5. The summed E-state index contributed by atoms with van der Waals surface area (Å²) in [6.07, 6.45) is 0.909. The maximum absolute atomic E-state index is 13.2. The lowest BCUT2D eigenvalue weighted by molar-refractivity contribution is 0.191. The molecule has 0 aromatic heterocycles. The summed E-state index contributed by atoms with van der Waals surface area (Å²) in [7, 11) is 1.68. The predicted octanol–water partition coefficient (Wildman–Crippen LogP) is 2.97. The van der Waals surface area contributed by atoms with Crippen molar-refractivity contribution in [2.75, 3.05) is 19.0 Å². The number of rotatable bonds is 5. The van der Waals surface area contributed by atoms with Crippen LogP contribution in [0, 0.1) is 12.7 Å². The Bertz CT molecular complexity index is 314. The number of hydrogen-bond acceptors (Lipinski definition) is 2. The molecule has 1 aromatic carbocycles. The number of aryl methyl sites for hydroxylation is 1. The molecule has 0 saturated carbocycles. The third-order valence-corrected chi connectivity index (χ3v) is 2.34. The van der Waals surface area contributed by atoms with E-state index in [-0.39, 0.29) is 11.9 Å². The van der Waals surface area contributed by atoms with E-state index in [0.717, 1.165) is 12.1 Å². The highest BCUT2D eigenvalue weighted by molar-refractivity contribution is 5.45. The largest absolute Gasteiger partial charge is 0.385 e. The van der Waals surface area contributed by atoms with E-state index in [2.05, 4.69) is 12.2 Å². The molecule has 1 atom stereocenters. The number of benzene rings is 1. The summed E-state index contributed by atoms with van der Waals surface area (Å²) in [6, 6.07) is 5.48. The SMILES string of the molecule is COCCC(C)Nc1ccc(C)c(F)c1. The Morgan fingerprint density at radius 3 is 2.80 bits per heavy atom. The molecule has 0 fully saturated rings.